The summed E-state index contributed by atoms with van der Waals surface area (Å²) in [5.41, 5.74) is 5.54. The molecule has 0 heterocycles. The van der Waals surface area contributed by atoms with Crippen LogP contribution in [0.15, 0.2) is 36.4 Å². The largest absolute Gasteiger partial charge is 0.494 e. The fraction of sp³-hybridized carbons (Fsp3) is 0.409. The maximum Gasteiger partial charge on any atom is 0.282 e. The molecule has 4 nitrogen and oxygen atoms in total. The zero-order chi connectivity index (χ0) is 19.3. The predicted molar refractivity (Wildman–Crippen MR) is 107 cm³/mol. The van der Waals surface area contributed by atoms with Gasteiger partial charge in [0, 0.05) is 11.3 Å². The SMILES string of the molecule is CCOc1ccc(C[NH+](C)[C@H](C)C(=O)Nc2c(C)cc(C)cc2C)cc1. The number of anilines is 1. The van der Waals surface area contributed by atoms with E-state index in [2.05, 4.69) is 43.6 Å². The van der Waals surface area contributed by atoms with Crippen LogP contribution in [-0.2, 0) is 11.3 Å². The molecule has 2 N–H and O–H groups in total. The number of carbonyl (C=O) groups excluding carboxylic acids is 1. The second-order valence-corrected chi connectivity index (χ2v) is 7.08. The van der Waals surface area contributed by atoms with Crippen molar-refractivity contribution in [1.82, 2.24) is 0 Å². The van der Waals surface area contributed by atoms with E-state index < -0.39 is 0 Å². The molecular weight excluding hydrogens is 324 g/mol. The van der Waals surface area contributed by atoms with Crippen LogP contribution in [0.3, 0.4) is 0 Å². The Balaban J connectivity index is 2.01. The Bertz CT molecular complexity index is 730. The minimum absolute atomic E-state index is 0.0449. The van der Waals surface area contributed by atoms with Gasteiger partial charge < -0.3 is 15.0 Å². The maximum absolute atomic E-state index is 12.7. The summed E-state index contributed by atoms with van der Waals surface area (Å²) >= 11 is 0. The van der Waals surface area contributed by atoms with Crippen molar-refractivity contribution >= 4 is 11.6 Å². The van der Waals surface area contributed by atoms with Gasteiger partial charge in [-0.15, -0.1) is 0 Å². The van der Waals surface area contributed by atoms with Crippen molar-refractivity contribution in [3.63, 3.8) is 0 Å². The quantitative estimate of drug-likeness (QED) is 0.802. The van der Waals surface area contributed by atoms with Crippen molar-refractivity contribution in [2.45, 2.75) is 47.2 Å². The lowest BCUT2D eigenvalue weighted by Gasteiger charge is -2.22. The Hall–Kier alpha value is -2.33. The van der Waals surface area contributed by atoms with E-state index in [1.54, 1.807) is 0 Å². The van der Waals surface area contributed by atoms with Gasteiger partial charge in [0.25, 0.3) is 5.91 Å². The molecule has 2 rings (SSSR count). The predicted octanol–water partition coefficient (Wildman–Crippen LogP) is 3.05. The third-order valence-corrected chi connectivity index (χ3v) is 4.78. The number of ether oxygens (including phenoxy) is 1. The summed E-state index contributed by atoms with van der Waals surface area (Å²) in [6.45, 7) is 11.5. The molecule has 2 atom stereocenters. The highest BCUT2D eigenvalue weighted by Crippen LogP contribution is 2.21. The van der Waals surface area contributed by atoms with Crippen molar-refractivity contribution < 1.29 is 14.4 Å². The Kier molecular flexibility index (Phi) is 6.81. The maximum atomic E-state index is 12.7. The zero-order valence-electron chi connectivity index (χ0n) is 16.8. The van der Waals surface area contributed by atoms with Crippen LogP contribution in [0.5, 0.6) is 5.75 Å². The van der Waals surface area contributed by atoms with Crippen LogP contribution in [0.4, 0.5) is 5.69 Å². The first-order valence-electron chi connectivity index (χ1n) is 9.24. The topological polar surface area (TPSA) is 42.8 Å². The van der Waals surface area contributed by atoms with Crippen molar-refractivity contribution in [3.05, 3.63) is 58.7 Å². The zero-order valence-corrected chi connectivity index (χ0v) is 16.8. The van der Waals surface area contributed by atoms with Crippen LogP contribution >= 0.6 is 0 Å². The fourth-order valence-corrected chi connectivity index (χ4v) is 3.18. The summed E-state index contributed by atoms with van der Waals surface area (Å²) < 4.78 is 5.48. The third-order valence-electron chi connectivity index (χ3n) is 4.78. The van der Waals surface area contributed by atoms with Gasteiger partial charge in [-0.1, -0.05) is 17.7 Å². The van der Waals surface area contributed by atoms with Crippen LogP contribution in [-0.4, -0.2) is 25.6 Å². The summed E-state index contributed by atoms with van der Waals surface area (Å²) in [6.07, 6.45) is 0. The number of nitrogens with one attached hydrogen (secondary N) is 2. The van der Waals surface area contributed by atoms with Crippen LogP contribution in [0, 0.1) is 20.8 Å². The molecule has 2 aromatic carbocycles. The molecule has 0 fully saturated rings. The lowest BCUT2D eigenvalue weighted by Crippen LogP contribution is -3.12. The van der Waals surface area contributed by atoms with E-state index in [-0.39, 0.29) is 11.9 Å². The Labute approximate surface area is 157 Å². The number of quaternary nitrogens is 1. The van der Waals surface area contributed by atoms with Crippen molar-refractivity contribution in [3.8, 4) is 5.75 Å². The molecule has 140 valence electrons. The number of benzene rings is 2. The van der Waals surface area contributed by atoms with Gasteiger partial charge in [0.15, 0.2) is 6.04 Å². The summed E-state index contributed by atoms with van der Waals surface area (Å²) in [5.74, 6) is 0.925. The molecule has 0 saturated heterocycles. The highest BCUT2D eigenvalue weighted by Gasteiger charge is 2.23. The molecule has 0 bridgehead atoms. The van der Waals surface area contributed by atoms with Gasteiger partial charge in [-0.05, 0) is 70.0 Å². The average Bonchev–Trinajstić information content (AvgIpc) is 2.59. The number of hydrogen-bond acceptors (Lipinski definition) is 2. The lowest BCUT2D eigenvalue weighted by atomic mass is 10.0. The molecule has 1 unspecified atom stereocenters. The number of amides is 1. The van der Waals surface area contributed by atoms with Crippen LogP contribution < -0.4 is 15.0 Å². The Morgan fingerprint density at radius 3 is 2.23 bits per heavy atom. The summed E-state index contributed by atoms with van der Waals surface area (Å²) in [7, 11) is 2.05. The van der Waals surface area contributed by atoms with E-state index in [1.165, 1.54) is 11.1 Å². The molecule has 0 aromatic heterocycles. The first kappa shape index (κ1) is 20.0. The van der Waals surface area contributed by atoms with E-state index in [0.29, 0.717) is 6.61 Å². The van der Waals surface area contributed by atoms with Gasteiger partial charge in [-0.2, -0.15) is 0 Å². The molecule has 0 radical (unpaired) electrons. The van der Waals surface area contributed by atoms with Crippen LogP contribution in [0.2, 0.25) is 0 Å². The molecule has 0 aliphatic heterocycles. The molecule has 0 aliphatic rings. The number of hydrogen-bond donors (Lipinski definition) is 2. The van der Waals surface area contributed by atoms with E-state index in [4.69, 9.17) is 4.74 Å². The van der Waals surface area contributed by atoms with Crippen molar-refractivity contribution in [2.24, 2.45) is 0 Å². The summed E-state index contributed by atoms with van der Waals surface area (Å²) in [4.78, 5) is 13.9. The highest BCUT2D eigenvalue weighted by molar-refractivity contribution is 5.95. The molecule has 0 aliphatic carbocycles. The van der Waals surface area contributed by atoms with Crippen LogP contribution in [0.1, 0.15) is 36.1 Å². The molecular formula is C22H31N2O2+. The van der Waals surface area contributed by atoms with Gasteiger partial charge in [0.05, 0.1) is 13.7 Å². The minimum Gasteiger partial charge on any atom is -0.494 e. The summed E-state index contributed by atoms with van der Waals surface area (Å²) in [5, 5.41) is 3.12. The van der Waals surface area contributed by atoms with Gasteiger partial charge >= 0.3 is 0 Å². The normalized spacial score (nSPS) is 13.2. The van der Waals surface area contributed by atoms with Crippen molar-refractivity contribution in [2.75, 3.05) is 19.0 Å². The van der Waals surface area contributed by atoms with Crippen LogP contribution in [0.25, 0.3) is 0 Å². The molecule has 26 heavy (non-hydrogen) atoms. The number of carbonyl (C=O) groups is 1. The minimum atomic E-state index is -0.151. The van der Waals surface area contributed by atoms with Crippen molar-refractivity contribution in [1.29, 1.82) is 0 Å². The average molecular weight is 356 g/mol. The van der Waals surface area contributed by atoms with Gasteiger partial charge in [0.1, 0.15) is 12.3 Å². The van der Waals surface area contributed by atoms with Gasteiger partial charge in [-0.3, -0.25) is 4.79 Å². The Morgan fingerprint density at radius 1 is 1.12 bits per heavy atom. The third kappa shape index (κ3) is 5.09. The van der Waals surface area contributed by atoms with Gasteiger partial charge in [0.2, 0.25) is 0 Å². The first-order chi connectivity index (χ1) is 12.3. The van der Waals surface area contributed by atoms with E-state index in [1.807, 2.05) is 39.8 Å². The highest BCUT2D eigenvalue weighted by atomic mass is 16.5. The van der Waals surface area contributed by atoms with E-state index in [0.717, 1.165) is 34.0 Å². The number of aryl methyl sites for hydroxylation is 3. The molecule has 4 heteroatoms. The molecule has 0 spiro atoms. The second-order valence-electron chi connectivity index (χ2n) is 7.08. The smallest absolute Gasteiger partial charge is 0.282 e. The van der Waals surface area contributed by atoms with E-state index in [9.17, 15) is 4.79 Å². The second kappa shape index (κ2) is 8.86. The molecule has 0 saturated carbocycles. The first-order valence-corrected chi connectivity index (χ1v) is 9.24. The number of likely N-dealkylation sites (N-methyl/N-ethyl adjacent to an activating group) is 1. The molecule has 1 amide bonds. The van der Waals surface area contributed by atoms with Gasteiger partial charge in [-0.25, -0.2) is 0 Å². The fourth-order valence-electron chi connectivity index (χ4n) is 3.18. The van der Waals surface area contributed by atoms with E-state index >= 15 is 0 Å². The standard InChI is InChI=1S/C22H30N2O2/c1-7-26-20-10-8-19(9-11-20)14-24(6)18(5)22(25)23-21-16(3)12-15(2)13-17(21)4/h8-13,18H,7,14H2,1-6H3,(H,23,25)/p+1/t18-/m1/s1. The monoisotopic (exact) mass is 355 g/mol. The number of rotatable bonds is 7. The molecule has 2 aromatic rings. The lowest BCUT2D eigenvalue weighted by molar-refractivity contribution is -0.907. The summed E-state index contributed by atoms with van der Waals surface area (Å²) in [6, 6.07) is 12.1. The Morgan fingerprint density at radius 2 is 1.69 bits per heavy atom.